The van der Waals surface area contributed by atoms with Crippen molar-refractivity contribution in [3.05, 3.63) is 4.91 Å². The summed E-state index contributed by atoms with van der Waals surface area (Å²) in [5, 5.41) is 51.9. The number of aliphatic hydroxyl groups excluding tert-OH is 5. The van der Waals surface area contributed by atoms with Crippen LogP contribution in [0, 0.1) is 4.91 Å². The van der Waals surface area contributed by atoms with Crippen LogP contribution in [0.25, 0.3) is 0 Å². The van der Waals surface area contributed by atoms with E-state index in [-0.39, 0.29) is 0 Å². The Morgan fingerprint density at radius 2 is 1.39 bits per heavy atom. The van der Waals surface area contributed by atoms with Gasteiger partial charge in [-0.25, -0.2) is 4.79 Å². The molecule has 1 rings (SSSR count). The van der Waals surface area contributed by atoms with Crippen LogP contribution in [0.15, 0.2) is 5.29 Å². The van der Waals surface area contributed by atoms with Crippen molar-refractivity contribution in [2.45, 2.75) is 36.6 Å². The highest BCUT2D eigenvalue weighted by atomic mass is 16.4. The van der Waals surface area contributed by atoms with E-state index < -0.39 is 42.6 Å². The van der Waals surface area contributed by atoms with Gasteiger partial charge in [-0.15, -0.1) is 4.91 Å². The average Bonchev–Trinajstić information content (AvgIpc) is 2.37. The van der Waals surface area contributed by atoms with Crippen molar-refractivity contribution in [1.29, 1.82) is 0 Å². The molecule has 104 valence electrons. The molecule has 10 heteroatoms. The van der Waals surface area contributed by atoms with Crippen LogP contribution >= 0.6 is 0 Å². The van der Waals surface area contributed by atoms with Gasteiger partial charge in [0.1, 0.15) is 30.5 Å². The van der Waals surface area contributed by atoms with Crippen molar-refractivity contribution < 1.29 is 30.3 Å². The number of carbonyl (C=O) groups excluding carboxylic acids is 1. The van der Waals surface area contributed by atoms with Gasteiger partial charge in [0.05, 0.1) is 11.3 Å². The lowest BCUT2D eigenvalue weighted by atomic mass is 9.83. The van der Waals surface area contributed by atoms with Gasteiger partial charge in [-0.3, -0.25) is 0 Å². The topological polar surface area (TPSA) is 163 Å². The molecule has 0 spiro atoms. The van der Waals surface area contributed by atoms with Crippen molar-refractivity contribution in [3.63, 3.8) is 0 Å². The lowest BCUT2D eigenvalue weighted by molar-refractivity contribution is -0.188. The number of aliphatic hydroxyl groups is 5. The van der Waals surface area contributed by atoms with E-state index in [1.807, 2.05) is 5.32 Å². The van der Waals surface area contributed by atoms with Crippen LogP contribution in [0.5, 0.6) is 0 Å². The molecule has 0 aromatic rings. The molecule has 1 aliphatic carbocycles. The Morgan fingerprint density at radius 1 is 1.00 bits per heavy atom. The second-order valence-electron chi connectivity index (χ2n) is 4.03. The zero-order chi connectivity index (χ0) is 14.0. The number of amides is 2. The Hall–Kier alpha value is -1.33. The summed E-state index contributed by atoms with van der Waals surface area (Å²) in [7, 11) is 1.03. The van der Waals surface area contributed by atoms with E-state index in [1.165, 1.54) is 0 Å². The lowest BCUT2D eigenvalue weighted by Gasteiger charge is -2.42. The zero-order valence-corrected chi connectivity index (χ0v) is 9.41. The summed E-state index contributed by atoms with van der Waals surface area (Å²) in [6.45, 7) is 0. The first-order valence-electron chi connectivity index (χ1n) is 5.09. The van der Waals surface area contributed by atoms with Crippen molar-refractivity contribution in [3.8, 4) is 0 Å². The Labute approximate surface area is 101 Å². The molecule has 0 aromatic heterocycles. The zero-order valence-electron chi connectivity index (χ0n) is 9.41. The molecular weight excluding hydrogens is 250 g/mol. The monoisotopic (exact) mass is 265 g/mol. The summed E-state index contributed by atoms with van der Waals surface area (Å²) in [6.07, 6.45) is -8.65. The van der Waals surface area contributed by atoms with Crippen LogP contribution in [-0.4, -0.2) is 80.2 Å². The highest BCUT2D eigenvalue weighted by molar-refractivity contribution is 5.74. The summed E-state index contributed by atoms with van der Waals surface area (Å²) in [5.41, 5.74) is 0. The van der Waals surface area contributed by atoms with Gasteiger partial charge >= 0.3 is 6.03 Å². The number of hydrogen-bond donors (Lipinski definition) is 6. The molecule has 4 atom stereocenters. The van der Waals surface area contributed by atoms with E-state index in [0.717, 1.165) is 7.05 Å². The molecule has 6 N–H and O–H groups in total. The standard InChI is InChI=1S/C8H15N3O7/c1-11(10-18)8(17)9-2-3(12)5(14)7(16)6(15)4(2)13/h2-7,12-16H,1H3,(H,9,17). The number of nitrogens with zero attached hydrogens (tertiary/aromatic N) is 2. The van der Waals surface area contributed by atoms with Crippen LogP contribution in [-0.2, 0) is 0 Å². The van der Waals surface area contributed by atoms with E-state index >= 15 is 0 Å². The number of nitrogens with one attached hydrogen (secondary N) is 1. The average molecular weight is 265 g/mol. The van der Waals surface area contributed by atoms with Crippen LogP contribution < -0.4 is 5.32 Å². The molecule has 0 radical (unpaired) electrons. The summed E-state index contributed by atoms with van der Waals surface area (Å²) < 4.78 is 0. The summed E-state index contributed by atoms with van der Waals surface area (Å²) in [6, 6.07) is -2.49. The first-order chi connectivity index (χ1) is 8.31. The van der Waals surface area contributed by atoms with E-state index in [2.05, 4.69) is 5.29 Å². The molecule has 0 bridgehead atoms. The molecule has 10 nitrogen and oxygen atoms in total. The molecule has 0 heterocycles. The first kappa shape index (κ1) is 14.7. The Bertz CT molecular complexity index is 312. The van der Waals surface area contributed by atoms with Crippen molar-refractivity contribution in [2.24, 2.45) is 5.29 Å². The van der Waals surface area contributed by atoms with Crippen molar-refractivity contribution in [1.82, 2.24) is 10.3 Å². The van der Waals surface area contributed by atoms with Crippen molar-refractivity contribution in [2.75, 3.05) is 7.05 Å². The minimum absolute atomic E-state index is 0.364. The summed E-state index contributed by atoms with van der Waals surface area (Å²) in [4.78, 5) is 21.4. The molecule has 1 fully saturated rings. The number of nitroso groups, excluding NO2 is 1. The third-order valence-electron chi connectivity index (χ3n) is 2.84. The van der Waals surface area contributed by atoms with Gasteiger partial charge in [-0.1, -0.05) is 0 Å². The van der Waals surface area contributed by atoms with Gasteiger partial charge in [0.15, 0.2) is 0 Å². The number of rotatable bonds is 2. The van der Waals surface area contributed by atoms with Gasteiger partial charge in [-0.05, 0) is 0 Å². The number of hydrogen-bond acceptors (Lipinski definition) is 8. The SMILES string of the molecule is CN(N=O)C(=O)NC1C(O)C(O)C(O)C(O)C1O. The third kappa shape index (κ3) is 2.57. The fraction of sp³-hybridized carbons (Fsp3) is 0.875. The molecular formula is C8H15N3O7. The maximum Gasteiger partial charge on any atom is 0.340 e. The second kappa shape index (κ2) is 5.54. The highest BCUT2D eigenvalue weighted by Crippen LogP contribution is 2.21. The maximum absolute atomic E-state index is 11.3. The first-order valence-corrected chi connectivity index (χ1v) is 5.09. The molecule has 0 aliphatic heterocycles. The molecule has 4 unspecified atom stereocenters. The molecule has 2 amide bonds. The fourth-order valence-corrected chi connectivity index (χ4v) is 1.68. The van der Waals surface area contributed by atoms with E-state index in [0.29, 0.717) is 5.01 Å². The predicted octanol–water partition coefficient (Wildman–Crippen LogP) is -3.50. The summed E-state index contributed by atoms with van der Waals surface area (Å²) >= 11 is 0. The predicted molar refractivity (Wildman–Crippen MR) is 55.9 cm³/mol. The quantitative estimate of drug-likeness (QED) is 0.223. The Morgan fingerprint density at radius 3 is 1.78 bits per heavy atom. The van der Waals surface area contributed by atoms with Crippen LogP contribution in [0.3, 0.4) is 0 Å². The summed E-state index contributed by atoms with van der Waals surface area (Å²) in [5.74, 6) is 0. The van der Waals surface area contributed by atoms with Gasteiger partial charge in [0.2, 0.25) is 0 Å². The smallest absolute Gasteiger partial charge is 0.340 e. The van der Waals surface area contributed by atoms with Crippen molar-refractivity contribution >= 4 is 6.03 Å². The Kier molecular flexibility index (Phi) is 4.53. The molecule has 18 heavy (non-hydrogen) atoms. The van der Waals surface area contributed by atoms with Crippen LogP contribution in [0.4, 0.5) is 4.79 Å². The largest absolute Gasteiger partial charge is 0.388 e. The van der Waals surface area contributed by atoms with E-state index in [1.54, 1.807) is 0 Å². The minimum atomic E-state index is -1.75. The van der Waals surface area contributed by atoms with Gasteiger partial charge in [-0.2, -0.15) is 5.01 Å². The Balaban J connectivity index is 2.80. The molecule has 1 saturated carbocycles. The van der Waals surface area contributed by atoms with Crippen LogP contribution in [0.1, 0.15) is 0 Å². The third-order valence-corrected chi connectivity index (χ3v) is 2.84. The molecule has 0 saturated heterocycles. The van der Waals surface area contributed by atoms with E-state index in [4.69, 9.17) is 0 Å². The van der Waals surface area contributed by atoms with Gasteiger partial charge in [0, 0.05) is 7.05 Å². The lowest BCUT2D eigenvalue weighted by Crippen LogP contribution is -2.68. The van der Waals surface area contributed by atoms with Crippen LogP contribution in [0.2, 0.25) is 0 Å². The second-order valence-corrected chi connectivity index (χ2v) is 4.03. The number of carbonyl (C=O) groups is 1. The fourth-order valence-electron chi connectivity index (χ4n) is 1.68. The van der Waals surface area contributed by atoms with Gasteiger partial charge < -0.3 is 30.8 Å². The highest BCUT2D eigenvalue weighted by Gasteiger charge is 2.49. The minimum Gasteiger partial charge on any atom is -0.388 e. The number of urea groups is 1. The van der Waals surface area contributed by atoms with Gasteiger partial charge in [0.25, 0.3) is 0 Å². The molecule has 1 aliphatic rings. The van der Waals surface area contributed by atoms with E-state index in [9.17, 15) is 35.2 Å². The normalized spacial score (nSPS) is 40.1. The maximum atomic E-state index is 11.3. The molecule has 0 aromatic carbocycles.